The zero-order valence-corrected chi connectivity index (χ0v) is 9.24. The molecule has 0 radical (unpaired) electrons. The molecular weight excluding hydrogens is 224 g/mol. The summed E-state index contributed by atoms with van der Waals surface area (Å²) in [4.78, 5) is 8.12. The second-order valence-electron chi connectivity index (χ2n) is 3.45. The third-order valence-corrected chi connectivity index (χ3v) is 2.24. The van der Waals surface area contributed by atoms with Crippen molar-refractivity contribution >= 4 is 5.95 Å². The van der Waals surface area contributed by atoms with Gasteiger partial charge in [0.25, 0.3) is 0 Å². The summed E-state index contributed by atoms with van der Waals surface area (Å²) in [5.74, 6) is -1.23. The molecule has 2 aromatic rings. The Morgan fingerprint density at radius 2 is 1.76 bits per heavy atom. The van der Waals surface area contributed by atoms with Crippen LogP contribution >= 0.6 is 0 Å². The van der Waals surface area contributed by atoms with Gasteiger partial charge in [0.1, 0.15) is 0 Å². The number of rotatable bonds is 3. The molecule has 0 aliphatic rings. The Hall–Kier alpha value is -2.04. The molecule has 1 N–H and O–H groups in total. The Balaban J connectivity index is 2.30. The molecule has 88 valence electrons. The molecule has 0 spiro atoms. The van der Waals surface area contributed by atoms with E-state index in [1.165, 1.54) is 6.07 Å². The smallest absolute Gasteiger partial charge is 0.222 e. The summed E-state index contributed by atoms with van der Waals surface area (Å²) < 4.78 is 25.8. The van der Waals surface area contributed by atoms with Crippen LogP contribution in [0.15, 0.2) is 30.6 Å². The summed E-state index contributed by atoms with van der Waals surface area (Å²) in [6.45, 7) is 2.66. The number of hydrogen-bond acceptors (Lipinski definition) is 3. The first-order valence-corrected chi connectivity index (χ1v) is 5.22. The summed E-state index contributed by atoms with van der Waals surface area (Å²) in [7, 11) is 0. The van der Waals surface area contributed by atoms with Crippen molar-refractivity contribution in [2.75, 3.05) is 11.9 Å². The molecule has 0 amide bonds. The van der Waals surface area contributed by atoms with Crippen LogP contribution in [0.4, 0.5) is 14.7 Å². The predicted octanol–water partition coefficient (Wildman–Crippen LogP) is 2.85. The maximum absolute atomic E-state index is 13.0. The maximum Gasteiger partial charge on any atom is 0.222 e. The fraction of sp³-hybridized carbons (Fsp3) is 0.167. The van der Waals surface area contributed by atoms with Gasteiger partial charge in [0.05, 0.1) is 0 Å². The van der Waals surface area contributed by atoms with Crippen molar-refractivity contribution in [2.24, 2.45) is 0 Å². The first-order valence-electron chi connectivity index (χ1n) is 5.22. The van der Waals surface area contributed by atoms with Gasteiger partial charge in [-0.3, -0.25) is 0 Å². The summed E-state index contributed by atoms with van der Waals surface area (Å²) >= 11 is 0. The Kier molecular flexibility index (Phi) is 3.27. The first kappa shape index (κ1) is 11.4. The minimum atomic E-state index is -0.877. The summed E-state index contributed by atoms with van der Waals surface area (Å²) in [5.41, 5.74) is 1.19. The zero-order chi connectivity index (χ0) is 12.3. The average molecular weight is 235 g/mol. The number of halogens is 2. The lowest BCUT2D eigenvalue weighted by Gasteiger charge is -2.04. The predicted molar refractivity (Wildman–Crippen MR) is 61.5 cm³/mol. The van der Waals surface area contributed by atoms with Gasteiger partial charge in [-0.25, -0.2) is 18.7 Å². The van der Waals surface area contributed by atoms with Crippen LogP contribution in [0.5, 0.6) is 0 Å². The van der Waals surface area contributed by atoms with E-state index in [-0.39, 0.29) is 0 Å². The molecule has 0 bridgehead atoms. The molecule has 0 atom stereocenters. The van der Waals surface area contributed by atoms with Crippen molar-refractivity contribution in [3.63, 3.8) is 0 Å². The number of nitrogens with zero attached hydrogens (tertiary/aromatic N) is 2. The van der Waals surface area contributed by atoms with Gasteiger partial charge in [0, 0.05) is 24.5 Å². The highest BCUT2D eigenvalue weighted by Crippen LogP contribution is 2.20. The van der Waals surface area contributed by atoms with E-state index in [9.17, 15) is 8.78 Å². The van der Waals surface area contributed by atoms with Crippen molar-refractivity contribution in [1.82, 2.24) is 9.97 Å². The van der Waals surface area contributed by atoms with Crippen molar-refractivity contribution in [3.8, 4) is 11.1 Å². The fourth-order valence-electron chi connectivity index (χ4n) is 1.40. The van der Waals surface area contributed by atoms with Gasteiger partial charge >= 0.3 is 0 Å². The summed E-state index contributed by atoms with van der Waals surface area (Å²) in [5, 5.41) is 2.95. The van der Waals surface area contributed by atoms with E-state index in [4.69, 9.17) is 0 Å². The lowest BCUT2D eigenvalue weighted by Crippen LogP contribution is -2.01. The zero-order valence-electron chi connectivity index (χ0n) is 9.24. The number of aromatic nitrogens is 2. The molecule has 2 rings (SSSR count). The lowest BCUT2D eigenvalue weighted by molar-refractivity contribution is 0.509. The van der Waals surface area contributed by atoms with Crippen LogP contribution in [0, 0.1) is 11.6 Å². The molecule has 0 fully saturated rings. The van der Waals surface area contributed by atoms with E-state index in [0.717, 1.165) is 18.7 Å². The quantitative estimate of drug-likeness (QED) is 0.888. The van der Waals surface area contributed by atoms with Crippen LogP contribution in [0.1, 0.15) is 6.92 Å². The van der Waals surface area contributed by atoms with Gasteiger partial charge in [-0.05, 0) is 24.6 Å². The molecule has 5 heteroatoms. The van der Waals surface area contributed by atoms with Crippen molar-refractivity contribution in [3.05, 3.63) is 42.2 Å². The number of anilines is 1. The van der Waals surface area contributed by atoms with E-state index >= 15 is 0 Å². The van der Waals surface area contributed by atoms with Crippen LogP contribution in [0.25, 0.3) is 11.1 Å². The van der Waals surface area contributed by atoms with Crippen LogP contribution in [-0.2, 0) is 0 Å². The van der Waals surface area contributed by atoms with Gasteiger partial charge in [-0.1, -0.05) is 6.07 Å². The molecule has 0 saturated heterocycles. The van der Waals surface area contributed by atoms with Gasteiger partial charge in [0.15, 0.2) is 11.6 Å². The van der Waals surface area contributed by atoms with Gasteiger partial charge in [0.2, 0.25) is 5.95 Å². The molecule has 17 heavy (non-hydrogen) atoms. The molecule has 0 unspecified atom stereocenters. The van der Waals surface area contributed by atoms with Gasteiger partial charge in [-0.15, -0.1) is 0 Å². The third-order valence-electron chi connectivity index (χ3n) is 2.24. The average Bonchev–Trinajstić information content (AvgIpc) is 2.34. The van der Waals surface area contributed by atoms with E-state index in [2.05, 4.69) is 15.3 Å². The molecular formula is C12H11F2N3. The Morgan fingerprint density at radius 3 is 2.35 bits per heavy atom. The molecule has 0 aliphatic carbocycles. The molecule has 0 aliphatic heterocycles. The minimum Gasteiger partial charge on any atom is -0.355 e. The highest BCUT2D eigenvalue weighted by molar-refractivity contribution is 5.61. The summed E-state index contributed by atoms with van der Waals surface area (Å²) in [6, 6.07) is 3.70. The third kappa shape index (κ3) is 2.55. The van der Waals surface area contributed by atoms with Crippen LogP contribution in [0.3, 0.4) is 0 Å². The van der Waals surface area contributed by atoms with E-state index in [1.54, 1.807) is 12.4 Å². The number of hydrogen-bond donors (Lipinski definition) is 1. The SMILES string of the molecule is CCNc1ncc(-c2ccc(F)c(F)c2)cn1. The largest absolute Gasteiger partial charge is 0.355 e. The Labute approximate surface area is 97.5 Å². The molecule has 0 saturated carbocycles. The van der Waals surface area contributed by atoms with E-state index in [0.29, 0.717) is 17.1 Å². The topological polar surface area (TPSA) is 37.8 Å². The Morgan fingerprint density at radius 1 is 1.06 bits per heavy atom. The van der Waals surface area contributed by atoms with Crippen LogP contribution in [-0.4, -0.2) is 16.5 Å². The maximum atomic E-state index is 13.0. The van der Waals surface area contributed by atoms with Crippen LogP contribution < -0.4 is 5.32 Å². The highest BCUT2D eigenvalue weighted by Gasteiger charge is 2.05. The van der Waals surface area contributed by atoms with Gasteiger partial charge < -0.3 is 5.32 Å². The van der Waals surface area contributed by atoms with E-state index < -0.39 is 11.6 Å². The number of benzene rings is 1. The van der Waals surface area contributed by atoms with Crippen molar-refractivity contribution in [1.29, 1.82) is 0 Å². The second-order valence-corrected chi connectivity index (χ2v) is 3.45. The normalized spacial score (nSPS) is 10.3. The van der Waals surface area contributed by atoms with Crippen molar-refractivity contribution < 1.29 is 8.78 Å². The first-order chi connectivity index (χ1) is 8.20. The fourth-order valence-corrected chi connectivity index (χ4v) is 1.40. The monoisotopic (exact) mass is 235 g/mol. The highest BCUT2D eigenvalue weighted by atomic mass is 19.2. The molecule has 1 aromatic carbocycles. The standard InChI is InChI=1S/C12H11F2N3/c1-2-15-12-16-6-9(7-17-12)8-3-4-10(13)11(14)5-8/h3-7H,2H2,1H3,(H,15,16,17). The lowest BCUT2D eigenvalue weighted by atomic mass is 10.1. The number of nitrogens with one attached hydrogen (secondary N) is 1. The minimum absolute atomic E-state index is 0.513. The molecule has 1 aromatic heterocycles. The Bertz CT molecular complexity index is 512. The molecule has 3 nitrogen and oxygen atoms in total. The van der Waals surface area contributed by atoms with Gasteiger partial charge in [-0.2, -0.15) is 0 Å². The van der Waals surface area contributed by atoms with Crippen LogP contribution in [0.2, 0.25) is 0 Å². The van der Waals surface area contributed by atoms with E-state index in [1.807, 2.05) is 6.92 Å². The van der Waals surface area contributed by atoms with Crippen molar-refractivity contribution in [2.45, 2.75) is 6.92 Å². The summed E-state index contributed by atoms with van der Waals surface area (Å²) in [6.07, 6.45) is 3.13. The second kappa shape index (κ2) is 4.86. The molecule has 1 heterocycles.